The van der Waals surface area contributed by atoms with Crippen molar-refractivity contribution >= 4 is 11.6 Å². The minimum atomic E-state index is 0.477. The average Bonchev–Trinajstić information content (AvgIpc) is 2.16. The Kier molecular flexibility index (Phi) is 2.45. The molecule has 1 aromatic carbocycles. The van der Waals surface area contributed by atoms with E-state index in [4.69, 9.17) is 5.26 Å². The zero-order valence-corrected chi connectivity index (χ0v) is 6.75. The predicted octanol–water partition coefficient (Wildman–Crippen LogP) is 2.87. The summed E-state index contributed by atoms with van der Waals surface area (Å²) in [6, 6.07) is 9.57. The van der Waals surface area contributed by atoms with Crippen LogP contribution in [0.15, 0.2) is 37.4 Å². The van der Waals surface area contributed by atoms with Gasteiger partial charge < -0.3 is 0 Å². The lowest BCUT2D eigenvalue weighted by atomic mass is 10.0. The Morgan fingerprint density at radius 3 is 2.67 bits per heavy atom. The Hall–Kier alpha value is -1.81. The van der Waals surface area contributed by atoms with Crippen molar-refractivity contribution in [1.29, 1.82) is 5.26 Å². The van der Waals surface area contributed by atoms with E-state index >= 15 is 0 Å². The van der Waals surface area contributed by atoms with Gasteiger partial charge in [-0.3, -0.25) is 0 Å². The predicted molar refractivity (Wildman–Crippen MR) is 51.2 cm³/mol. The van der Waals surface area contributed by atoms with Crippen LogP contribution in [0.25, 0.3) is 11.6 Å². The molecule has 0 amide bonds. The molecule has 0 spiro atoms. The fraction of sp³-hybridized carbons (Fsp3) is 0. The lowest BCUT2D eigenvalue weighted by molar-refractivity contribution is 1.52. The Morgan fingerprint density at radius 1 is 1.42 bits per heavy atom. The second-order valence-corrected chi connectivity index (χ2v) is 2.38. The number of hydrogen-bond donors (Lipinski definition) is 0. The van der Waals surface area contributed by atoms with Crippen molar-refractivity contribution in [1.82, 2.24) is 0 Å². The molecule has 0 unspecified atom stereocenters. The van der Waals surface area contributed by atoms with Gasteiger partial charge in [0.2, 0.25) is 0 Å². The SMILES string of the molecule is C=Cc1ccccc1C(=C)C#N. The van der Waals surface area contributed by atoms with Gasteiger partial charge in [0.1, 0.15) is 0 Å². The van der Waals surface area contributed by atoms with Gasteiger partial charge in [-0.05, 0) is 11.1 Å². The van der Waals surface area contributed by atoms with Gasteiger partial charge in [0, 0.05) is 0 Å². The molecule has 0 bridgehead atoms. The molecule has 0 N–H and O–H groups in total. The number of benzene rings is 1. The van der Waals surface area contributed by atoms with Gasteiger partial charge in [-0.25, -0.2) is 0 Å². The van der Waals surface area contributed by atoms with Crippen LogP contribution in [0.5, 0.6) is 0 Å². The van der Waals surface area contributed by atoms with E-state index in [-0.39, 0.29) is 0 Å². The molecule has 0 aromatic heterocycles. The van der Waals surface area contributed by atoms with E-state index in [1.807, 2.05) is 30.3 Å². The molecular weight excluding hydrogens is 146 g/mol. The van der Waals surface area contributed by atoms with Crippen LogP contribution in [0.3, 0.4) is 0 Å². The molecule has 1 nitrogen and oxygen atoms in total. The maximum atomic E-state index is 8.62. The Morgan fingerprint density at radius 2 is 2.08 bits per heavy atom. The summed E-state index contributed by atoms with van der Waals surface area (Å²) in [7, 11) is 0. The lowest BCUT2D eigenvalue weighted by Gasteiger charge is -2.01. The standard InChI is InChI=1S/C11H9N/c1-3-10-6-4-5-7-11(10)9(2)8-12/h3-7H,1-2H2. The van der Waals surface area contributed by atoms with Crippen molar-refractivity contribution < 1.29 is 0 Å². The molecule has 0 fully saturated rings. The fourth-order valence-electron chi connectivity index (χ4n) is 1.01. The van der Waals surface area contributed by atoms with E-state index in [1.54, 1.807) is 6.08 Å². The molecular formula is C11H9N. The van der Waals surface area contributed by atoms with E-state index in [2.05, 4.69) is 13.2 Å². The summed E-state index contributed by atoms with van der Waals surface area (Å²) in [5, 5.41) is 8.62. The zero-order valence-electron chi connectivity index (χ0n) is 6.75. The second-order valence-electron chi connectivity index (χ2n) is 2.38. The van der Waals surface area contributed by atoms with E-state index in [9.17, 15) is 0 Å². The third kappa shape index (κ3) is 1.43. The van der Waals surface area contributed by atoms with Gasteiger partial charge in [0.25, 0.3) is 0 Å². The van der Waals surface area contributed by atoms with Gasteiger partial charge in [-0.1, -0.05) is 43.5 Å². The van der Waals surface area contributed by atoms with Crippen LogP contribution >= 0.6 is 0 Å². The molecule has 0 aliphatic rings. The smallest absolute Gasteiger partial charge is 0.0991 e. The first-order valence-corrected chi connectivity index (χ1v) is 3.60. The Balaban J connectivity index is 3.24. The Bertz CT molecular complexity index is 356. The van der Waals surface area contributed by atoms with Crippen LogP contribution in [-0.4, -0.2) is 0 Å². The van der Waals surface area contributed by atoms with Crippen LogP contribution in [0, 0.1) is 11.3 Å². The van der Waals surface area contributed by atoms with Crippen molar-refractivity contribution in [2.24, 2.45) is 0 Å². The summed E-state index contributed by atoms with van der Waals surface area (Å²) in [4.78, 5) is 0. The van der Waals surface area contributed by atoms with Crippen LogP contribution in [0.2, 0.25) is 0 Å². The Labute approximate surface area is 72.3 Å². The lowest BCUT2D eigenvalue weighted by Crippen LogP contribution is -1.83. The summed E-state index contributed by atoms with van der Waals surface area (Å²) in [5.41, 5.74) is 2.28. The monoisotopic (exact) mass is 155 g/mol. The van der Waals surface area contributed by atoms with Crippen molar-refractivity contribution in [3.63, 3.8) is 0 Å². The highest BCUT2D eigenvalue weighted by molar-refractivity contribution is 5.80. The quantitative estimate of drug-likeness (QED) is 0.602. The molecule has 0 heterocycles. The van der Waals surface area contributed by atoms with Gasteiger partial charge >= 0.3 is 0 Å². The van der Waals surface area contributed by atoms with E-state index < -0.39 is 0 Å². The normalized spacial score (nSPS) is 8.58. The molecule has 58 valence electrons. The van der Waals surface area contributed by atoms with Crippen molar-refractivity contribution in [3.05, 3.63) is 48.6 Å². The molecule has 0 radical (unpaired) electrons. The van der Waals surface area contributed by atoms with Crippen molar-refractivity contribution in [3.8, 4) is 6.07 Å². The van der Waals surface area contributed by atoms with Crippen LogP contribution in [0.1, 0.15) is 11.1 Å². The number of allylic oxidation sites excluding steroid dienone is 1. The number of nitrogens with zero attached hydrogens (tertiary/aromatic N) is 1. The first-order valence-electron chi connectivity index (χ1n) is 3.60. The maximum Gasteiger partial charge on any atom is 0.0991 e. The van der Waals surface area contributed by atoms with E-state index in [1.165, 1.54) is 0 Å². The zero-order chi connectivity index (χ0) is 8.97. The summed E-state index contributed by atoms with van der Waals surface area (Å²) in [5.74, 6) is 0. The summed E-state index contributed by atoms with van der Waals surface area (Å²) in [6.45, 7) is 7.30. The summed E-state index contributed by atoms with van der Waals surface area (Å²) in [6.07, 6.45) is 1.72. The largest absolute Gasteiger partial charge is 0.192 e. The first kappa shape index (κ1) is 8.29. The molecule has 0 saturated heterocycles. The van der Waals surface area contributed by atoms with E-state index in [0.29, 0.717) is 5.57 Å². The van der Waals surface area contributed by atoms with Gasteiger partial charge in [-0.2, -0.15) is 5.26 Å². The van der Waals surface area contributed by atoms with Crippen LogP contribution in [0.4, 0.5) is 0 Å². The van der Waals surface area contributed by atoms with E-state index in [0.717, 1.165) is 11.1 Å². The number of rotatable bonds is 2. The van der Waals surface area contributed by atoms with Gasteiger partial charge in [0.15, 0.2) is 0 Å². The highest BCUT2D eigenvalue weighted by Crippen LogP contribution is 2.17. The minimum absolute atomic E-state index is 0.477. The third-order valence-corrected chi connectivity index (χ3v) is 1.64. The molecule has 0 aliphatic carbocycles. The molecule has 12 heavy (non-hydrogen) atoms. The van der Waals surface area contributed by atoms with Gasteiger partial charge in [-0.15, -0.1) is 0 Å². The topological polar surface area (TPSA) is 23.8 Å². The van der Waals surface area contributed by atoms with Crippen LogP contribution in [-0.2, 0) is 0 Å². The molecule has 0 saturated carbocycles. The number of nitriles is 1. The molecule has 1 aromatic rings. The second kappa shape index (κ2) is 3.54. The van der Waals surface area contributed by atoms with Crippen LogP contribution < -0.4 is 0 Å². The molecule has 0 atom stereocenters. The molecule has 1 rings (SSSR count). The van der Waals surface area contributed by atoms with Gasteiger partial charge in [0.05, 0.1) is 11.6 Å². The average molecular weight is 155 g/mol. The van der Waals surface area contributed by atoms with Crippen molar-refractivity contribution in [2.45, 2.75) is 0 Å². The fourth-order valence-corrected chi connectivity index (χ4v) is 1.01. The summed E-state index contributed by atoms with van der Waals surface area (Å²) >= 11 is 0. The maximum absolute atomic E-state index is 8.62. The van der Waals surface area contributed by atoms with Crippen molar-refractivity contribution in [2.75, 3.05) is 0 Å². The highest BCUT2D eigenvalue weighted by atomic mass is 14.2. The highest BCUT2D eigenvalue weighted by Gasteiger charge is 2.00. The summed E-state index contributed by atoms with van der Waals surface area (Å²) < 4.78 is 0. The molecule has 1 heteroatoms. The minimum Gasteiger partial charge on any atom is -0.192 e. The molecule has 0 aliphatic heterocycles. The number of hydrogen-bond acceptors (Lipinski definition) is 1. The third-order valence-electron chi connectivity index (χ3n) is 1.64. The first-order chi connectivity index (χ1) is 5.79.